The summed E-state index contributed by atoms with van der Waals surface area (Å²) in [5, 5.41) is 7.52. The molecule has 2 N–H and O–H groups in total. The number of thiazole rings is 1. The number of guanidine groups is 1. The molecule has 0 radical (unpaired) electrons. The molecule has 1 saturated carbocycles. The lowest BCUT2D eigenvalue weighted by atomic mass is 10.1. The zero-order valence-electron chi connectivity index (χ0n) is 15.8. The number of nitrogens with one attached hydrogen (secondary N) is 2. The van der Waals surface area contributed by atoms with Gasteiger partial charge in [0.1, 0.15) is 10.8 Å². The summed E-state index contributed by atoms with van der Waals surface area (Å²) >= 11 is 0.966. The highest BCUT2D eigenvalue weighted by Gasteiger charge is 2.33. The highest BCUT2D eigenvalue weighted by molar-refractivity contribution is 7.09. The van der Waals surface area contributed by atoms with E-state index >= 15 is 0 Å². The van der Waals surface area contributed by atoms with E-state index in [1.54, 1.807) is 7.05 Å². The van der Waals surface area contributed by atoms with E-state index < -0.39 is 11.9 Å². The van der Waals surface area contributed by atoms with Gasteiger partial charge >= 0.3 is 6.18 Å². The number of benzene rings is 1. The van der Waals surface area contributed by atoms with E-state index in [4.69, 9.17) is 4.74 Å². The Labute approximate surface area is 166 Å². The van der Waals surface area contributed by atoms with Crippen molar-refractivity contribution in [1.82, 2.24) is 15.6 Å². The van der Waals surface area contributed by atoms with E-state index in [2.05, 4.69) is 20.6 Å². The zero-order chi connectivity index (χ0) is 20.1. The Morgan fingerprint density at radius 2 is 2.04 bits per heavy atom. The molecule has 3 rings (SSSR count). The lowest BCUT2D eigenvalue weighted by molar-refractivity contribution is -0.140. The van der Waals surface area contributed by atoms with Gasteiger partial charge in [-0.25, -0.2) is 4.98 Å². The van der Waals surface area contributed by atoms with Gasteiger partial charge in [0, 0.05) is 24.5 Å². The average Bonchev–Trinajstić information content (AvgIpc) is 3.35. The second kappa shape index (κ2) is 8.81. The van der Waals surface area contributed by atoms with Crippen molar-refractivity contribution in [3.05, 3.63) is 45.4 Å². The van der Waals surface area contributed by atoms with Gasteiger partial charge in [0.2, 0.25) is 0 Å². The maximum Gasteiger partial charge on any atom is 0.434 e. The second-order valence-corrected chi connectivity index (χ2v) is 7.71. The Kier molecular flexibility index (Phi) is 6.43. The molecule has 1 fully saturated rings. The topological polar surface area (TPSA) is 58.5 Å². The van der Waals surface area contributed by atoms with Crippen LogP contribution in [0, 0.1) is 12.8 Å². The largest absolute Gasteiger partial charge is 0.493 e. The van der Waals surface area contributed by atoms with Crippen molar-refractivity contribution in [2.75, 3.05) is 13.7 Å². The van der Waals surface area contributed by atoms with Gasteiger partial charge in [-0.1, -0.05) is 12.1 Å². The third-order valence-corrected chi connectivity index (χ3v) is 5.16. The molecule has 28 heavy (non-hydrogen) atoms. The van der Waals surface area contributed by atoms with E-state index in [9.17, 15) is 13.2 Å². The zero-order valence-corrected chi connectivity index (χ0v) is 16.6. The molecule has 1 aliphatic carbocycles. The van der Waals surface area contributed by atoms with Gasteiger partial charge in [-0.2, -0.15) is 13.2 Å². The molecule has 0 bridgehead atoms. The molecule has 0 spiro atoms. The normalized spacial score (nSPS) is 14.8. The van der Waals surface area contributed by atoms with Crippen LogP contribution in [0.15, 0.2) is 28.6 Å². The first-order valence-corrected chi connectivity index (χ1v) is 9.91. The highest BCUT2D eigenvalue weighted by Crippen LogP contribution is 2.31. The fourth-order valence-corrected chi connectivity index (χ4v) is 3.26. The molecule has 9 heteroatoms. The van der Waals surface area contributed by atoms with Crippen LogP contribution < -0.4 is 15.4 Å². The smallest absolute Gasteiger partial charge is 0.434 e. The van der Waals surface area contributed by atoms with Crippen LogP contribution in [0.5, 0.6) is 5.75 Å². The van der Waals surface area contributed by atoms with Gasteiger partial charge in [0.25, 0.3) is 0 Å². The predicted octanol–water partition coefficient (Wildman–Crippen LogP) is 4.12. The SMILES string of the molecule is CN=C(NCc1nc(C(F)(F)F)cs1)NCc1ccc(C)cc1OCC1CC1. The number of aromatic nitrogens is 1. The number of aliphatic imine (C=N–C) groups is 1. The van der Waals surface area contributed by atoms with Crippen molar-refractivity contribution in [2.24, 2.45) is 10.9 Å². The van der Waals surface area contributed by atoms with E-state index in [0.29, 0.717) is 23.4 Å². The molecule has 0 unspecified atom stereocenters. The fraction of sp³-hybridized carbons (Fsp3) is 0.474. The molecule has 5 nitrogen and oxygen atoms in total. The highest BCUT2D eigenvalue weighted by atomic mass is 32.1. The number of rotatable bonds is 7. The first-order chi connectivity index (χ1) is 13.3. The second-order valence-electron chi connectivity index (χ2n) is 6.77. The molecule has 2 aromatic rings. The average molecular weight is 412 g/mol. The van der Waals surface area contributed by atoms with Crippen LogP contribution in [0.4, 0.5) is 13.2 Å². The van der Waals surface area contributed by atoms with E-state index in [0.717, 1.165) is 40.2 Å². The van der Waals surface area contributed by atoms with Crippen LogP contribution in [0.25, 0.3) is 0 Å². The van der Waals surface area contributed by atoms with Crippen LogP contribution in [0.1, 0.15) is 34.7 Å². The summed E-state index contributed by atoms with van der Waals surface area (Å²) in [5.41, 5.74) is 1.26. The monoisotopic (exact) mass is 412 g/mol. The van der Waals surface area contributed by atoms with E-state index in [-0.39, 0.29) is 6.54 Å². The Hall–Kier alpha value is -2.29. The maximum absolute atomic E-state index is 12.6. The lowest BCUT2D eigenvalue weighted by Crippen LogP contribution is -2.36. The maximum atomic E-state index is 12.6. The quantitative estimate of drug-likeness (QED) is 0.531. The van der Waals surface area contributed by atoms with E-state index in [1.165, 1.54) is 12.8 Å². The van der Waals surface area contributed by atoms with Gasteiger partial charge in [-0.3, -0.25) is 4.99 Å². The minimum atomic E-state index is -4.42. The molecule has 1 aliphatic rings. The molecule has 0 aliphatic heterocycles. The Balaban J connectivity index is 1.54. The summed E-state index contributed by atoms with van der Waals surface area (Å²) in [6.07, 6.45) is -1.97. The number of hydrogen-bond donors (Lipinski definition) is 2. The summed E-state index contributed by atoms with van der Waals surface area (Å²) in [5.74, 6) is 2.00. The molecule has 1 aromatic heterocycles. The van der Waals surface area contributed by atoms with Crippen molar-refractivity contribution in [3.63, 3.8) is 0 Å². The Morgan fingerprint density at radius 3 is 2.68 bits per heavy atom. The summed E-state index contributed by atoms with van der Waals surface area (Å²) in [6.45, 7) is 3.41. The molecule has 1 aromatic carbocycles. The van der Waals surface area contributed by atoms with Crippen molar-refractivity contribution < 1.29 is 17.9 Å². The van der Waals surface area contributed by atoms with Crippen LogP contribution in [-0.4, -0.2) is 24.6 Å². The first-order valence-electron chi connectivity index (χ1n) is 9.03. The number of aryl methyl sites for hydroxylation is 1. The lowest BCUT2D eigenvalue weighted by Gasteiger charge is -2.15. The van der Waals surface area contributed by atoms with Crippen LogP contribution >= 0.6 is 11.3 Å². The number of ether oxygens (including phenoxy) is 1. The molecule has 1 heterocycles. The van der Waals surface area contributed by atoms with Gasteiger partial charge in [-0.15, -0.1) is 11.3 Å². The number of halogens is 3. The van der Waals surface area contributed by atoms with Crippen molar-refractivity contribution >= 4 is 17.3 Å². The van der Waals surface area contributed by atoms with Crippen LogP contribution in [0.3, 0.4) is 0 Å². The molecule has 0 amide bonds. The first kappa shape index (κ1) is 20.4. The van der Waals surface area contributed by atoms with Crippen molar-refractivity contribution in [1.29, 1.82) is 0 Å². The van der Waals surface area contributed by atoms with Gasteiger partial charge < -0.3 is 15.4 Å². The third kappa shape index (κ3) is 5.85. The van der Waals surface area contributed by atoms with Gasteiger partial charge in [-0.05, 0) is 37.3 Å². The third-order valence-electron chi connectivity index (χ3n) is 4.31. The summed E-state index contributed by atoms with van der Waals surface area (Å²) in [4.78, 5) is 7.72. The Bertz CT molecular complexity index is 831. The summed E-state index contributed by atoms with van der Waals surface area (Å²) in [6, 6.07) is 6.05. The van der Waals surface area contributed by atoms with Crippen LogP contribution in [0.2, 0.25) is 0 Å². The summed E-state index contributed by atoms with van der Waals surface area (Å²) < 4.78 is 43.9. The van der Waals surface area contributed by atoms with Crippen molar-refractivity contribution in [2.45, 2.75) is 39.0 Å². The number of hydrogen-bond acceptors (Lipinski definition) is 4. The molecule has 0 atom stereocenters. The molecular weight excluding hydrogens is 389 g/mol. The molecule has 0 saturated heterocycles. The van der Waals surface area contributed by atoms with Crippen LogP contribution in [-0.2, 0) is 19.3 Å². The van der Waals surface area contributed by atoms with E-state index in [1.807, 2.05) is 25.1 Å². The van der Waals surface area contributed by atoms with Gasteiger partial charge in [0.15, 0.2) is 11.7 Å². The number of nitrogens with zero attached hydrogens (tertiary/aromatic N) is 2. The number of alkyl halides is 3. The fourth-order valence-electron chi connectivity index (χ4n) is 2.52. The summed E-state index contributed by atoms with van der Waals surface area (Å²) in [7, 11) is 1.61. The standard InChI is InChI=1S/C19H23F3N4OS/c1-12-3-6-14(15(7-12)27-10-13-4-5-13)8-24-18(23-2)25-9-17-26-16(11-28-17)19(20,21)22/h3,6-7,11,13H,4-5,8-10H2,1-2H3,(H2,23,24,25). The minimum absolute atomic E-state index is 0.166. The molecule has 152 valence electrons. The molecular formula is C19H23F3N4OS. The predicted molar refractivity (Wildman–Crippen MR) is 104 cm³/mol. The Morgan fingerprint density at radius 1 is 1.29 bits per heavy atom. The minimum Gasteiger partial charge on any atom is -0.493 e. The van der Waals surface area contributed by atoms with Crippen molar-refractivity contribution in [3.8, 4) is 5.75 Å². The van der Waals surface area contributed by atoms with Gasteiger partial charge in [0.05, 0.1) is 13.2 Å².